The Morgan fingerprint density at radius 2 is 1.55 bits per heavy atom. The third kappa shape index (κ3) is 9.31. The van der Waals surface area contributed by atoms with E-state index in [1.54, 1.807) is 0 Å². The maximum atomic E-state index is 11.7. The van der Waals surface area contributed by atoms with E-state index >= 15 is 0 Å². The van der Waals surface area contributed by atoms with Gasteiger partial charge in [0.05, 0.1) is 10.5 Å². The largest absolute Gasteiger partial charge is 0.512 e. The van der Waals surface area contributed by atoms with Crippen LogP contribution in [0, 0.1) is 30.2 Å². The van der Waals surface area contributed by atoms with Crippen molar-refractivity contribution in [2.45, 2.75) is 120 Å². The number of aryl methyl sites for hydroxylation is 1. The summed E-state index contributed by atoms with van der Waals surface area (Å²) in [6, 6.07) is 16.8. The Balaban J connectivity index is 0.000000347. The van der Waals surface area contributed by atoms with Gasteiger partial charge in [0.1, 0.15) is 5.76 Å². The van der Waals surface area contributed by atoms with Crippen molar-refractivity contribution in [3.05, 3.63) is 77.4 Å². The normalized spacial score (nSPS) is 12.3. The smallest absolute Gasteiger partial charge is 0.162 e. The number of fused-ring (bicyclic) bond motifs is 4. The Bertz CT molecular complexity index is 1860. The van der Waals surface area contributed by atoms with E-state index in [0.29, 0.717) is 5.92 Å². The van der Waals surface area contributed by atoms with E-state index in [1.165, 1.54) is 37.4 Å². The van der Waals surface area contributed by atoms with Gasteiger partial charge in [-0.1, -0.05) is 104 Å². The van der Waals surface area contributed by atoms with E-state index < -0.39 is 0 Å². The molecule has 0 bridgehead atoms. The molecule has 3 aromatic heterocycles. The molecule has 0 aliphatic heterocycles. The maximum absolute atomic E-state index is 11.7. The first-order chi connectivity index (χ1) is 22.9. The van der Waals surface area contributed by atoms with Crippen molar-refractivity contribution >= 4 is 48.3 Å². The molecule has 6 heteroatoms. The molecule has 0 saturated carbocycles. The molecule has 0 fully saturated rings. The summed E-state index contributed by atoms with van der Waals surface area (Å²) in [5, 5.41) is 13.4. The summed E-state index contributed by atoms with van der Waals surface area (Å²) in [6.07, 6.45) is 10.0. The summed E-state index contributed by atoms with van der Waals surface area (Å²) in [4.78, 5) is 16.6. The van der Waals surface area contributed by atoms with Gasteiger partial charge in [0.25, 0.3) is 0 Å². The van der Waals surface area contributed by atoms with Crippen LogP contribution in [-0.2, 0) is 31.3 Å². The quantitative estimate of drug-likeness (QED) is 0.0771. The number of benzene rings is 2. The number of hydrogen-bond acceptors (Lipinski definition) is 5. The van der Waals surface area contributed by atoms with Crippen molar-refractivity contribution in [2.75, 3.05) is 0 Å². The van der Waals surface area contributed by atoms with Gasteiger partial charge in [0.15, 0.2) is 11.4 Å². The third-order valence-electron chi connectivity index (χ3n) is 9.80. The fraction of sp³-hybridized carbons (Fsp3) is 0.488. The number of aliphatic hydroxyl groups is 1. The number of allylic oxidation sites excluding steroid dienone is 2. The van der Waals surface area contributed by atoms with Gasteiger partial charge in [0.2, 0.25) is 0 Å². The molecule has 1 N–H and O–H groups in total. The average molecular weight is 859 g/mol. The Labute approximate surface area is 312 Å². The van der Waals surface area contributed by atoms with Gasteiger partial charge in [-0.05, 0) is 50.0 Å². The first kappa shape index (κ1) is 40.6. The molecule has 0 aliphatic carbocycles. The van der Waals surface area contributed by atoms with Crippen molar-refractivity contribution in [1.29, 1.82) is 0 Å². The number of aliphatic hydroxyl groups excluding tert-OH is 1. The summed E-state index contributed by atoms with van der Waals surface area (Å²) >= 11 is 1.81. The zero-order chi connectivity index (χ0) is 35.2. The first-order valence-electron chi connectivity index (χ1n) is 18.1. The number of aromatic nitrogens is 1. The molecule has 0 amide bonds. The number of ketones is 1. The number of carbonyl (C=O) groups is 1. The molecule has 2 aromatic carbocycles. The standard InChI is InChI=1S/C30H32NOS.C13H24O2.Ir/c1-7-19(8-2)24-16-21(15-20-11-9-10-12-22(20)24)26-29-23(13-14-31-26)27-28(33-29)18(3)25(32-27)17-30(4,5)6;1-5-10(6-2)12(14)9-13(15)11(7-3)8-4;/h9-14,16,19H,7-8,17H2,1-6H3;9-11,14H,5-8H2,1-4H3;/q-1;;/b;12-9-;. The Morgan fingerprint density at radius 1 is 0.918 bits per heavy atom. The second kappa shape index (κ2) is 17.9. The van der Waals surface area contributed by atoms with Crippen LogP contribution in [0.4, 0.5) is 0 Å². The van der Waals surface area contributed by atoms with Crippen LogP contribution in [0.3, 0.4) is 0 Å². The number of thiophene rings is 1. The third-order valence-corrected chi connectivity index (χ3v) is 11.1. The van der Waals surface area contributed by atoms with Gasteiger partial charge < -0.3 is 9.52 Å². The van der Waals surface area contributed by atoms with Crippen LogP contribution in [0.5, 0.6) is 0 Å². The number of carbonyl (C=O) groups excluding carboxylic acids is 1. The van der Waals surface area contributed by atoms with Crippen LogP contribution in [0.1, 0.15) is 124 Å². The average Bonchev–Trinajstić information content (AvgIpc) is 3.57. The molecular weight excluding hydrogens is 803 g/mol. The van der Waals surface area contributed by atoms with Crippen molar-refractivity contribution in [3.8, 4) is 11.3 Å². The molecule has 5 rings (SSSR count). The summed E-state index contributed by atoms with van der Waals surface area (Å²) < 4.78 is 8.90. The second-order valence-corrected chi connectivity index (χ2v) is 15.4. The summed E-state index contributed by atoms with van der Waals surface area (Å²) in [5.41, 5.74) is 5.98. The Hall–Kier alpha value is -2.79. The topological polar surface area (TPSA) is 63.3 Å². The second-order valence-electron chi connectivity index (χ2n) is 14.4. The van der Waals surface area contributed by atoms with E-state index in [4.69, 9.17) is 9.40 Å². The molecule has 4 nitrogen and oxygen atoms in total. The van der Waals surface area contributed by atoms with Gasteiger partial charge in [-0.2, -0.15) is 0 Å². The molecule has 267 valence electrons. The molecule has 3 heterocycles. The van der Waals surface area contributed by atoms with Crippen LogP contribution >= 0.6 is 11.3 Å². The predicted octanol–water partition coefficient (Wildman–Crippen LogP) is 13.3. The molecule has 0 atom stereocenters. The predicted molar refractivity (Wildman–Crippen MR) is 206 cm³/mol. The van der Waals surface area contributed by atoms with Crippen LogP contribution < -0.4 is 0 Å². The number of pyridine rings is 1. The molecular formula is C43H56IrNO3S-. The van der Waals surface area contributed by atoms with E-state index in [9.17, 15) is 9.90 Å². The monoisotopic (exact) mass is 859 g/mol. The van der Waals surface area contributed by atoms with Gasteiger partial charge >= 0.3 is 0 Å². The van der Waals surface area contributed by atoms with Crippen molar-refractivity contribution in [1.82, 2.24) is 4.98 Å². The van der Waals surface area contributed by atoms with Gasteiger partial charge in [0, 0.05) is 72.0 Å². The van der Waals surface area contributed by atoms with E-state index in [-0.39, 0.29) is 48.9 Å². The minimum atomic E-state index is 0. The van der Waals surface area contributed by atoms with Crippen molar-refractivity contribution in [2.24, 2.45) is 17.3 Å². The van der Waals surface area contributed by atoms with Crippen LogP contribution in [0.2, 0.25) is 0 Å². The zero-order valence-electron chi connectivity index (χ0n) is 31.3. The molecule has 0 saturated heterocycles. The van der Waals surface area contributed by atoms with Crippen molar-refractivity contribution in [3.63, 3.8) is 0 Å². The van der Waals surface area contributed by atoms with E-state index in [0.717, 1.165) is 72.9 Å². The minimum Gasteiger partial charge on any atom is -0.512 e. The Kier molecular flexibility index (Phi) is 14.9. The Morgan fingerprint density at radius 3 is 2.14 bits per heavy atom. The summed E-state index contributed by atoms with van der Waals surface area (Å²) in [7, 11) is 0. The zero-order valence-corrected chi connectivity index (χ0v) is 34.5. The molecule has 0 aliphatic rings. The number of rotatable bonds is 12. The first-order valence-corrected chi connectivity index (χ1v) is 18.9. The minimum absolute atomic E-state index is 0. The van der Waals surface area contributed by atoms with Gasteiger partial charge in [-0.15, -0.1) is 40.5 Å². The molecule has 1 radical (unpaired) electrons. The van der Waals surface area contributed by atoms with E-state index in [2.05, 4.69) is 84.0 Å². The fourth-order valence-electron chi connectivity index (χ4n) is 6.75. The fourth-order valence-corrected chi connectivity index (χ4v) is 7.99. The molecule has 0 spiro atoms. The summed E-state index contributed by atoms with van der Waals surface area (Å²) in [5.74, 6) is 2.19. The van der Waals surface area contributed by atoms with Gasteiger partial charge in [-0.25, -0.2) is 0 Å². The molecule has 5 aromatic rings. The van der Waals surface area contributed by atoms with E-state index in [1.807, 2.05) is 45.2 Å². The number of hydrogen-bond donors (Lipinski definition) is 1. The van der Waals surface area contributed by atoms with Crippen LogP contribution in [0.25, 0.3) is 42.4 Å². The summed E-state index contributed by atoms with van der Waals surface area (Å²) in [6.45, 7) is 21.6. The SMILES string of the molecule is CCC(CC)C(=O)/C=C(\O)C(CC)CC.CCC(CC)c1cc(-c2nccc3c2sc2c(C)c(CC(C)(C)C)oc23)[c-]c2ccccc12.[Ir]. The number of furan rings is 1. The maximum Gasteiger partial charge on any atom is 0.162 e. The van der Waals surface area contributed by atoms with Crippen LogP contribution in [-0.4, -0.2) is 15.9 Å². The molecule has 0 unspecified atom stereocenters. The van der Waals surface area contributed by atoms with Crippen LogP contribution in [0.15, 0.2) is 58.8 Å². The molecule has 49 heavy (non-hydrogen) atoms. The number of nitrogens with zero attached hydrogens (tertiary/aromatic N) is 1. The van der Waals surface area contributed by atoms with Gasteiger partial charge in [-0.3, -0.25) is 9.78 Å². The van der Waals surface area contributed by atoms with Crippen molar-refractivity contribution < 1.29 is 34.4 Å².